The molecule has 0 saturated carbocycles. The van der Waals surface area contributed by atoms with Crippen molar-refractivity contribution in [2.24, 2.45) is 5.73 Å². The van der Waals surface area contributed by atoms with E-state index in [2.05, 4.69) is 21.2 Å². The van der Waals surface area contributed by atoms with Crippen molar-refractivity contribution in [1.82, 2.24) is 5.32 Å². The van der Waals surface area contributed by atoms with Crippen LogP contribution in [0.25, 0.3) is 0 Å². The van der Waals surface area contributed by atoms with Crippen molar-refractivity contribution in [2.45, 2.75) is 29.9 Å². The van der Waals surface area contributed by atoms with E-state index in [0.29, 0.717) is 13.1 Å². The molecule has 1 aromatic rings. The Morgan fingerprint density at radius 2 is 2.06 bits per heavy atom. The molecule has 3 N–H and O–H groups in total. The highest BCUT2D eigenvalue weighted by Crippen LogP contribution is 2.24. The molecule has 0 aliphatic carbocycles. The van der Waals surface area contributed by atoms with E-state index in [9.17, 15) is 4.79 Å². The predicted octanol–water partition coefficient (Wildman–Crippen LogP) is 2.78. The van der Waals surface area contributed by atoms with Crippen LogP contribution < -0.4 is 11.1 Å². The summed E-state index contributed by atoms with van der Waals surface area (Å²) in [5.41, 5.74) is 5.40. The van der Waals surface area contributed by atoms with Gasteiger partial charge in [-0.3, -0.25) is 4.79 Å². The van der Waals surface area contributed by atoms with E-state index in [1.165, 1.54) is 0 Å². The number of benzene rings is 1. The van der Waals surface area contributed by atoms with Gasteiger partial charge in [0, 0.05) is 15.9 Å². The van der Waals surface area contributed by atoms with Gasteiger partial charge in [-0.25, -0.2) is 0 Å². The van der Waals surface area contributed by atoms with E-state index < -0.39 is 0 Å². The Balaban J connectivity index is 2.33. The summed E-state index contributed by atoms with van der Waals surface area (Å²) in [5, 5.41) is 2.84. The van der Waals surface area contributed by atoms with E-state index in [4.69, 9.17) is 5.73 Å². The maximum Gasteiger partial charge on any atom is 0.233 e. The third-order valence-corrected chi connectivity index (χ3v) is 4.07. The third-order valence-electron chi connectivity index (χ3n) is 2.43. The van der Waals surface area contributed by atoms with Crippen molar-refractivity contribution in [2.75, 3.05) is 13.1 Å². The molecule has 0 aliphatic heterocycles. The molecule has 3 nitrogen and oxygen atoms in total. The topological polar surface area (TPSA) is 55.1 Å². The first kappa shape index (κ1) is 15.5. The van der Waals surface area contributed by atoms with Crippen LogP contribution in [-0.4, -0.2) is 24.2 Å². The summed E-state index contributed by atoms with van der Waals surface area (Å²) in [6.45, 7) is 3.31. The molecule has 0 saturated heterocycles. The molecular formula is C13H19BrN2OS. The van der Waals surface area contributed by atoms with Crippen molar-refractivity contribution >= 4 is 33.6 Å². The molecule has 1 unspecified atom stereocenters. The highest BCUT2D eigenvalue weighted by atomic mass is 79.9. The molecule has 0 spiro atoms. The summed E-state index contributed by atoms with van der Waals surface area (Å²) in [4.78, 5) is 12.9. The zero-order valence-corrected chi connectivity index (χ0v) is 12.9. The summed E-state index contributed by atoms with van der Waals surface area (Å²) < 4.78 is 1.05. The van der Waals surface area contributed by atoms with E-state index in [1.807, 2.05) is 31.2 Å². The largest absolute Gasteiger partial charge is 0.355 e. The zero-order chi connectivity index (χ0) is 13.4. The van der Waals surface area contributed by atoms with Crippen molar-refractivity contribution in [3.05, 3.63) is 28.7 Å². The van der Waals surface area contributed by atoms with Crippen molar-refractivity contribution in [1.29, 1.82) is 0 Å². The van der Waals surface area contributed by atoms with Gasteiger partial charge >= 0.3 is 0 Å². The van der Waals surface area contributed by atoms with Crippen LogP contribution in [0.4, 0.5) is 0 Å². The normalized spacial score (nSPS) is 12.2. The van der Waals surface area contributed by atoms with E-state index >= 15 is 0 Å². The number of carbonyl (C=O) groups is 1. The smallest absolute Gasteiger partial charge is 0.233 e. The van der Waals surface area contributed by atoms with Crippen LogP contribution in [0.5, 0.6) is 0 Å². The summed E-state index contributed by atoms with van der Waals surface area (Å²) in [5.74, 6) is 0.0833. The molecule has 1 rings (SSSR count). The summed E-state index contributed by atoms with van der Waals surface area (Å²) in [6, 6.07) is 7.97. The van der Waals surface area contributed by atoms with E-state index in [1.54, 1.807) is 11.8 Å². The Bertz CT molecular complexity index is 370. The van der Waals surface area contributed by atoms with Gasteiger partial charge in [-0.15, -0.1) is 11.8 Å². The van der Waals surface area contributed by atoms with E-state index in [-0.39, 0.29) is 11.2 Å². The predicted molar refractivity (Wildman–Crippen MR) is 80.8 cm³/mol. The molecule has 0 heterocycles. The summed E-state index contributed by atoms with van der Waals surface area (Å²) in [6.07, 6.45) is 1.90. The first-order chi connectivity index (χ1) is 8.63. The van der Waals surface area contributed by atoms with Gasteiger partial charge in [0.25, 0.3) is 0 Å². The number of thioether (sulfide) groups is 1. The number of unbranched alkanes of at least 4 members (excludes halogenated alkanes) is 1. The quantitative estimate of drug-likeness (QED) is 0.597. The first-order valence-corrected chi connectivity index (χ1v) is 7.70. The fraction of sp³-hybridized carbons (Fsp3) is 0.462. The fourth-order valence-electron chi connectivity index (χ4n) is 1.40. The Kier molecular flexibility index (Phi) is 7.39. The van der Waals surface area contributed by atoms with Gasteiger partial charge < -0.3 is 11.1 Å². The van der Waals surface area contributed by atoms with Crippen LogP contribution in [0.1, 0.15) is 19.8 Å². The van der Waals surface area contributed by atoms with Gasteiger partial charge in [0.2, 0.25) is 5.91 Å². The number of rotatable bonds is 7. The molecule has 0 aromatic heterocycles. The van der Waals surface area contributed by atoms with Crippen molar-refractivity contribution < 1.29 is 4.79 Å². The van der Waals surface area contributed by atoms with Crippen LogP contribution >= 0.6 is 27.7 Å². The second kappa shape index (κ2) is 8.56. The molecule has 1 amide bonds. The number of nitrogens with one attached hydrogen (secondary N) is 1. The van der Waals surface area contributed by atoms with Crippen LogP contribution in [-0.2, 0) is 4.79 Å². The lowest BCUT2D eigenvalue weighted by molar-refractivity contribution is -0.120. The van der Waals surface area contributed by atoms with Gasteiger partial charge in [-0.1, -0.05) is 15.9 Å². The maximum atomic E-state index is 11.8. The number of hydrogen-bond donors (Lipinski definition) is 2. The van der Waals surface area contributed by atoms with Crippen LogP contribution in [0.3, 0.4) is 0 Å². The molecule has 5 heteroatoms. The lowest BCUT2D eigenvalue weighted by Gasteiger charge is -2.11. The SMILES string of the molecule is CC(Sc1ccc(Br)cc1)C(=O)NCCCCN. The molecule has 18 heavy (non-hydrogen) atoms. The summed E-state index contributed by atoms with van der Waals surface area (Å²) >= 11 is 4.96. The minimum Gasteiger partial charge on any atom is -0.355 e. The highest BCUT2D eigenvalue weighted by Gasteiger charge is 2.13. The Hall–Kier alpha value is -0.520. The molecule has 0 radical (unpaired) electrons. The van der Waals surface area contributed by atoms with Gasteiger partial charge in [-0.05, 0) is 50.6 Å². The standard InChI is InChI=1S/C13H19BrN2OS/c1-10(13(17)16-9-3-2-8-15)18-12-6-4-11(14)5-7-12/h4-7,10H,2-3,8-9,15H2,1H3,(H,16,17). The molecule has 1 atom stereocenters. The third kappa shape index (κ3) is 5.89. The van der Waals surface area contributed by atoms with Gasteiger partial charge in [-0.2, -0.15) is 0 Å². The highest BCUT2D eigenvalue weighted by molar-refractivity contribution is 9.10. The molecule has 1 aromatic carbocycles. The Labute approximate surface area is 121 Å². The van der Waals surface area contributed by atoms with Gasteiger partial charge in [0.05, 0.1) is 5.25 Å². The van der Waals surface area contributed by atoms with Crippen LogP contribution in [0, 0.1) is 0 Å². The fourth-order valence-corrected chi connectivity index (χ4v) is 2.55. The molecule has 0 fully saturated rings. The number of carbonyl (C=O) groups excluding carboxylic acids is 1. The Morgan fingerprint density at radius 1 is 1.39 bits per heavy atom. The molecule has 0 aliphatic rings. The summed E-state index contributed by atoms with van der Waals surface area (Å²) in [7, 11) is 0. The molecule has 0 bridgehead atoms. The number of hydrogen-bond acceptors (Lipinski definition) is 3. The minimum absolute atomic E-state index is 0.0796. The van der Waals surface area contributed by atoms with Gasteiger partial charge in [0.15, 0.2) is 0 Å². The lowest BCUT2D eigenvalue weighted by atomic mass is 10.3. The second-order valence-corrected chi connectivity index (χ2v) is 6.33. The molecular weight excluding hydrogens is 312 g/mol. The lowest BCUT2D eigenvalue weighted by Crippen LogP contribution is -2.31. The number of amides is 1. The van der Waals surface area contributed by atoms with Gasteiger partial charge in [0.1, 0.15) is 0 Å². The van der Waals surface area contributed by atoms with Crippen molar-refractivity contribution in [3.63, 3.8) is 0 Å². The average Bonchev–Trinajstić information content (AvgIpc) is 2.37. The van der Waals surface area contributed by atoms with E-state index in [0.717, 1.165) is 22.2 Å². The maximum absolute atomic E-state index is 11.8. The zero-order valence-electron chi connectivity index (χ0n) is 10.5. The Morgan fingerprint density at radius 3 is 2.67 bits per heavy atom. The number of nitrogens with two attached hydrogens (primary N) is 1. The monoisotopic (exact) mass is 330 g/mol. The molecule has 100 valence electrons. The first-order valence-electron chi connectivity index (χ1n) is 6.03. The average molecular weight is 331 g/mol. The van der Waals surface area contributed by atoms with Crippen LogP contribution in [0.2, 0.25) is 0 Å². The second-order valence-electron chi connectivity index (χ2n) is 4.00. The number of halogens is 1. The van der Waals surface area contributed by atoms with Crippen molar-refractivity contribution in [3.8, 4) is 0 Å². The minimum atomic E-state index is -0.0796. The van der Waals surface area contributed by atoms with Crippen LogP contribution in [0.15, 0.2) is 33.6 Å².